The number of dihydropyridines is 1. The third kappa shape index (κ3) is 1.88. The number of hydrogen-bond donors (Lipinski definition) is 1. The van der Waals surface area contributed by atoms with Gasteiger partial charge in [-0.2, -0.15) is 0 Å². The molecule has 2 heterocycles. The van der Waals surface area contributed by atoms with E-state index >= 15 is 0 Å². The molecular formula is C11H18N2O. The Morgan fingerprint density at radius 2 is 2.29 bits per heavy atom. The maximum absolute atomic E-state index is 5.54. The minimum atomic E-state index is -0.00477. The first-order valence-corrected chi connectivity index (χ1v) is 5.18. The average molecular weight is 194 g/mol. The van der Waals surface area contributed by atoms with Gasteiger partial charge in [-0.15, -0.1) is 0 Å². The summed E-state index contributed by atoms with van der Waals surface area (Å²) in [5, 5.41) is 3.41. The second-order valence-corrected chi connectivity index (χ2v) is 4.89. The van der Waals surface area contributed by atoms with Crippen molar-refractivity contribution in [3.05, 3.63) is 11.6 Å². The smallest absolute Gasteiger partial charge is 0.167 e. The van der Waals surface area contributed by atoms with E-state index in [4.69, 9.17) is 4.74 Å². The van der Waals surface area contributed by atoms with Crippen molar-refractivity contribution < 1.29 is 4.74 Å². The highest BCUT2D eigenvalue weighted by Gasteiger charge is 2.28. The summed E-state index contributed by atoms with van der Waals surface area (Å²) in [6.07, 6.45) is 4.19. The fourth-order valence-corrected chi connectivity index (χ4v) is 1.72. The van der Waals surface area contributed by atoms with Crippen molar-refractivity contribution in [3.8, 4) is 0 Å². The van der Waals surface area contributed by atoms with Crippen LogP contribution >= 0.6 is 0 Å². The summed E-state index contributed by atoms with van der Waals surface area (Å²) >= 11 is 0. The lowest BCUT2D eigenvalue weighted by Gasteiger charge is -2.33. The first-order valence-electron chi connectivity index (χ1n) is 5.18. The second kappa shape index (κ2) is 3.48. The van der Waals surface area contributed by atoms with Crippen molar-refractivity contribution in [1.29, 1.82) is 0 Å². The van der Waals surface area contributed by atoms with Crippen LogP contribution < -0.4 is 5.32 Å². The number of morpholine rings is 1. The predicted octanol–water partition coefficient (Wildman–Crippen LogP) is 1.36. The van der Waals surface area contributed by atoms with Crippen molar-refractivity contribution in [3.63, 3.8) is 0 Å². The van der Waals surface area contributed by atoms with E-state index in [9.17, 15) is 0 Å². The van der Waals surface area contributed by atoms with Crippen molar-refractivity contribution in [2.45, 2.75) is 33.0 Å². The van der Waals surface area contributed by atoms with Crippen molar-refractivity contribution in [2.75, 3.05) is 13.2 Å². The minimum absolute atomic E-state index is 0.00477. The number of nitrogens with one attached hydrogen (secondary N) is 1. The summed E-state index contributed by atoms with van der Waals surface area (Å²) < 4.78 is 5.54. The van der Waals surface area contributed by atoms with E-state index in [1.807, 2.05) is 6.21 Å². The molecule has 3 nitrogen and oxygen atoms in total. The number of hydrogen-bond acceptors (Lipinski definition) is 3. The van der Waals surface area contributed by atoms with Crippen molar-refractivity contribution in [2.24, 2.45) is 10.4 Å². The first kappa shape index (κ1) is 9.87. The molecule has 2 rings (SSSR count). The molecule has 0 amide bonds. The van der Waals surface area contributed by atoms with E-state index in [0.29, 0.717) is 0 Å². The molecule has 0 spiro atoms. The molecule has 0 aromatic heterocycles. The zero-order valence-corrected chi connectivity index (χ0v) is 9.08. The van der Waals surface area contributed by atoms with E-state index in [1.54, 1.807) is 0 Å². The number of nitrogens with zero attached hydrogens (tertiary/aromatic N) is 1. The summed E-state index contributed by atoms with van der Waals surface area (Å²) in [5.41, 5.74) is 1.46. The Labute approximate surface area is 85.2 Å². The van der Waals surface area contributed by atoms with E-state index in [0.717, 1.165) is 13.2 Å². The molecule has 0 aromatic rings. The molecule has 1 N–H and O–H groups in total. The Kier molecular flexibility index (Phi) is 2.45. The molecule has 2 aliphatic heterocycles. The van der Waals surface area contributed by atoms with Crippen molar-refractivity contribution in [1.82, 2.24) is 5.32 Å². The lowest BCUT2D eigenvalue weighted by molar-refractivity contribution is 0.0138. The third-order valence-corrected chi connectivity index (χ3v) is 2.66. The van der Waals surface area contributed by atoms with Crippen LogP contribution in [0, 0.1) is 5.41 Å². The van der Waals surface area contributed by atoms with Crippen LogP contribution in [0.4, 0.5) is 0 Å². The fourth-order valence-electron chi connectivity index (χ4n) is 1.72. The van der Waals surface area contributed by atoms with E-state index in [-0.39, 0.29) is 17.7 Å². The van der Waals surface area contributed by atoms with Crippen LogP contribution in [0.3, 0.4) is 0 Å². The maximum atomic E-state index is 5.54. The first-order chi connectivity index (χ1) is 6.57. The number of allylic oxidation sites excluding steroid dienone is 1. The summed E-state index contributed by atoms with van der Waals surface area (Å²) in [5.74, 6) is 0. The molecule has 0 radical (unpaired) electrons. The molecule has 0 aliphatic carbocycles. The van der Waals surface area contributed by atoms with Crippen LogP contribution in [0.5, 0.6) is 0 Å². The number of rotatable bonds is 0. The summed E-state index contributed by atoms with van der Waals surface area (Å²) in [7, 11) is 0. The topological polar surface area (TPSA) is 33.6 Å². The normalized spacial score (nSPS) is 32.4. The maximum Gasteiger partial charge on any atom is 0.167 e. The Balaban J connectivity index is 2.16. The number of ether oxygens (including phenoxy) is 1. The highest BCUT2D eigenvalue weighted by atomic mass is 16.5. The molecule has 78 valence electrons. The molecule has 1 saturated heterocycles. The van der Waals surface area contributed by atoms with Gasteiger partial charge in [0.1, 0.15) is 0 Å². The van der Waals surface area contributed by atoms with E-state index in [2.05, 4.69) is 37.2 Å². The number of fused-ring (bicyclic) bond motifs is 1. The minimum Gasteiger partial charge on any atom is -0.353 e. The van der Waals surface area contributed by atoms with Gasteiger partial charge >= 0.3 is 0 Å². The molecule has 0 bridgehead atoms. The Bertz CT molecular complexity index is 276. The van der Waals surface area contributed by atoms with Gasteiger partial charge in [0.05, 0.1) is 12.6 Å². The largest absolute Gasteiger partial charge is 0.353 e. The monoisotopic (exact) mass is 194 g/mol. The molecule has 2 unspecified atom stereocenters. The van der Waals surface area contributed by atoms with Gasteiger partial charge in [0.15, 0.2) is 6.23 Å². The second-order valence-electron chi connectivity index (χ2n) is 4.89. The average Bonchev–Trinajstić information content (AvgIpc) is 2.16. The Morgan fingerprint density at radius 3 is 3.00 bits per heavy atom. The highest BCUT2D eigenvalue weighted by Crippen LogP contribution is 2.27. The van der Waals surface area contributed by atoms with Gasteiger partial charge in [0.2, 0.25) is 0 Å². The van der Waals surface area contributed by atoms with Gasteiger partial charge in [-0.05, 0) is 11.0 Å². The van der Waals surface area contributed by atoms with E-state index < -0.39 is 0 Å². The molecule has 0 aromatic carbocycles. The molecular weight excluding hydrogens is 176 g/mol. The molecule has 3 heteroatoms. The Morgan fingerprint density at radius 1 is 1.50 bits per heavy atom. The van der Waals surface area contributed by atoms with Gasteiger partial charge in [-0.3, -0.25) is 4.99 Å². The van der Waals surface area contributed by atoms with Gasteiger partial charge in [-0.25, -0.2) is 0 Å². The van der Waals surface area contributed by atoms with Gasteiger partial charge in [0, 0.05) is 12.8 Å². The lowest BCUT2D eigenvalue weighted by atomic mass is 9.84. The van der Waals surface area contributed by atoms with Crippen LogP contribution in [-0.4, -0.2) is 31.6 Å². The Hall–Kier alpha value is -0.670. The fraction of sp³-hybridized carbons (Fsp3) is 0.727. The van der Waals surface area contributed by atoms with Crippen LogP contribution in [0.1, 0.15) is 20.8 Å². The summed E-state index contributed by atoms with van der Waals surface area (Å²) in [6.45, 7) is 8.29. The zero-order valence-electron chi connectivity index (χ0n) is 9.08. The molecule has 1 fully saturated rings. The lowest BCUT2D eigenvalue weighted by Crippen LogP contribution is -2.48. The third-order valence-electron chi connectivity index (χ3n) is 2.66. The highest BCUT2D eigenvalue weighted by molar-refractivity contribution is 5.81. The van der Waals surface area contributed by atoms with Crippen molar-refractivity contribution >= 4 is 6.21 Å². The van der Waals surface area contributed by atoms with Gasteiger partial charge in [0.25, 0.3) is 0 Å². The standard InChI is InChI=1S/C11H18N2O/c1-11(2,3)8-6-9-10(13-7-8)14-5-4-12-9/h6-7,9-10,12H,4-5H2,1-3H3. The molecule has 2 aliphatic rings. The van der Waals surface area contributed by atoms with Crippen LogP contribution in [0.25, 0.3) is 0 Å². The van der Waals surface area contributed by atoms with Gasteiger partial charge in [-0.1, -0.05) is 26.8 Å². The van der Waals surface area contributed by atoms with Crippen LogP contribution in [0.15, 0.2) is 16.6 Å². The van der Waals surface area contributed by atoms with E-state index in [1.165, 1.54) is 5.57 Å². The SMILES string of the molecule is CC(C)(C)C1=CC2NCCOC2N=C1. The zero-order chi connectivity index (χ0) is 10.2. The quantitative estimate of drug-likeness (QED) is 0.631. The van der Waals surface area contributed by atoms with Gasteiger partial charge < -0.3 is 10.1 Å². The molecule has 14 heavy (non-hydrogen) atoms. The molecule has 2 atom stereocenters. The summed E-state index contributed by atoms with van der Waals surface area (Å²) in [6, 6.07) is 0.267. The summed E-state index contributed by atoms with van der Waals surface area (Å²) in [4.78, 5) is 4.42. The van der Waals surface area contributed by atoms with Crippen LogP contribution in [0.2, 0.25) is 0 Å². The predicted molar refractivity (Wildman–Crippen MR) is 57.6 cm³/mol. The number of aliphatic imine (C=N–C) groups is 1. The molecule has 0 saturated carbocycles. The van der Waals surface area contributed by atoms with Crippen LogP contribution in [-0.2, 0) is 4.74 Å².